The van der Waals surface area contributed by atoms with Crippen LogP contribution in [0.15, 0.2) is 12.2 Å². The third-order valence-corrected chi connectivity index (χ3v) is 4.20. The van der Waals surface area contributed by atoms with Crippen molar-refractivity contribution in [1.82, 2.24) is 4.31 Å². The van der Waals surface area contributed by atoms with E-state index in [1.165, 1.54) is 11.2 Å². The Morgan fingerprint density at radius 3 is 2.36 bits per heavy atom. The van der Waals surface area contributed by atoms with Gasteiger partial charge in [-0.15, -0.1) is 0 Å². The fraction of sp³-hybridized carbons (Fsp3) is 0.778. The van der Waals surface area contributed by atoms with Crippen molar-refractivity contribution in [2.24, 2.45) is 0 Å². The Balaban J connectivity index is 4.75. The minimum atomic E-state index is -3.37. The molecule has 0 aromatic carbocycles. The number of sulfonamides is 1. The maximum Gasteiger partial charge on any atom is 0.219 e. The maximum atomic E-state index is 11.8. The van der Waals surface area contributed by atoms with Gasteiger partial charge in [0.1, 0.15) is 0 Å². The van der Waals surface area contributed by atoms with E-state index in [2.05, 4.69) is 6.58 Å². The van der Waals surface area contributed by atoms with Gasteiger partial charge in [0.15, 0.2) is 0 Å². The third kappa shape index (κ3) is 3.40. The fourth-order valence-electron chi connectivity index (χ4n) is 1.03. The maximum absolute atomic E-state index is 11.8. The molecule has 0 aromatic heterocycles. The summed E-state index contributed by atoms with van der Waals surface area (Å²) < 4.78 is 24.8. The molecule has 0 aliphatic rings. The SMILES string of the molecule is C=C(C)CN(CC)S(=O)(=O)C(C)CO. The zero-order valence-electron chi connectivity index (χ0n) is 9.02. The molecule has 0 aliphatic carbocycles. The van der Waals surface area contributed by atoms with E-state index in [9.17, 15) is 8.42 Å². The van der Waals surface area contributed by atoms with Crippen LogP contribution in [0.3, 0.4) is 0 Å². The highest BCUT2D eigenvalue weighted by Crippen LogP contribution is 2.10. The molecule has 0 heterocycles. The molecule has 0 saturated carbocycles. The number of hydrogen-bond donors (Lipinski definition) is 1. The summed E-state index contributed by atoms with van der Waals surface area (Å²) in [5, 5.41) is 8.07. The Morgan fingerprint density at radius 1 is 1.57 bits per heavy atom. The summed E-state index contributed by atoms with van der Waals surface area (Å²) in [4.78, 5) is 0. The Bertz CT molecular complexity index is 284. The molecule has 0 fully saturated rings. The molecule has 0 aromatic rings. The average Bonchev–Trinajstić information content (AvgIpc) is 2.12. The van der Waals surface area contributed by atoms with Crippen LogP contribution in [-0.2, 0) is 10.0 Å². The molecular weight excluding hydrogens is 202 g/mol. The Hall–Kier alpha value is -0.390. The van der Waals surface area contributed by atoms with Crippen LogP contribution in [0.4, 0.5) is 0 Å². The van der Waals surface area contributed by atoms with Crippen molar-refractivity contribution in [3.8, 4) is 0 Å². The number of likely N-dealkylation sites (N-methyl/N-ethyl adjacent to an activating group) is 1. The zero-order valence-corrected chi connectivity index (χ0v) is 9.84. The van der Waals surface area contributed by atoms with E-state index >= 15 is 0 Å². The number of nitrogens with zero attached hydrogens (tertiary/aromatic N) is 1. The van der Waals surface area contributed by atoms with Crippen LogP contribution < -0.4 is 0 Å². The second-order valence-electron chi connectivity index (χ2n) is 3.42. The van der Waals surface area contributed by atoms with Gasteiger partial charge in [0.2, 0.25) is 10.0 Å². The highest BCUT2D eigenvalue weighted by molar-refractivity contribution is 7.89. The largest absolute Gasteiger partial charge is 0.395 e. The second kappa shape index (κ2) is 5.48. The van der Waals surface area contributed by atoms with Gasteiger partial charge in [0.05, 0.1) is 11.9 Å². The van der Waals surface area contributed by atoms with Crippen LogP contribution in [0.2, 0.25) is 0 Å². The van der Waals surface area contributed by atoms with Crippen LogP contribution in [0.1, 0.15) is 20.8 Å². The summed E-state index contributed by atoms with van der Waals surface area (Å²) in [7, 11) is -3.37. The van der Waals surface area contributed by atoms with Crippen LogP contribution in [0, 0.1) is 0 Å². The van der Waals surface area contributed by atoms with Crippen LogP contribution >= 0.6 is 0 Å². The van der Waals surface area contributed by atoms with E-state index < -0.39 is 15.3 Å². The Morgan fingerprint density at radius 2 is 2.07 bits per heavy atom. The van der Waals surface area contributed by atoms with Gasteiger partial charge in [-0.1, -0.05) is 19.1 Å². The first-order valence-electron chi connectivity index (χ1n) is 4.60. The van der Waals surface area contributed by atoms with E-state index in [0.29, 0.717) is 13.1 Å². The summed E-state index contributed by atoms with van der Waals surface area (Å²) in [6.07, 6.45) is 0. The van der Waals surface area contributed by atoms with Crippen molar-refractivity contribution in [3.05, 3.63) is 12.2 Å². The third-order valence-electron chi connectivity index (χ3n) is 1.92. The van der Waals surface area contributed by atoms with Crippen LogP contribution in [0.5, 0.6) is 0 Å². The van der Waals surface area contributed by atoms with E-state index in [1.807, 2.05) is 0 Å². The van der Waals surface area contributed by atoms with Crippen molar-refractivity contribution in [3.63, 3.8) is 0 Å². The summed E-state index contributed by atoms with van der Waals surface area (Å²) in [6.45, 7) is 9.09. The number of rotatable bonds is 6. The van der Waals surface area contributed by atoms with Gasteiger partial charge in [-0.2, -0.15) is 4.31 Å². The Kier molecular flexibility index (Phi) is 5.33. The van der Waals surface area contributed by atoms with Gasteiger partial charge >= 0.3 is 0 Å². The van der Waals surface area contributed by atoms with Crippen molar-refractivity contribution < 1.29 is 13.5 Å². The van der Waals surface area contributed by atoms with Crippen molar-refractivity contribution in [2.45, 2.75) is 26.0 Å². The van der Waals surface area contributed by atoms with Crippen LogP contribution in [-0.4, -0.2) is 42.8 Å². The molecule has 5 heteroatoms. The van der Waals surface area contributed by atoms with Crippen molar-refractivity contribution in [2.75, 3.05) is 19.7 Å². The van der Waals surface area contributed by atoms with Crippen LogP contribution in [0.25, 0.3) is 0 Å². The van der Waals surface area contributed by atoms with Gasteiger partial charge in [0.25, 0.3) is 0 Å². The molecule has 0 bridgehead atoms. The highest BCUT2D eigenvalue weighted by atomic mass is 32.2. The van der Waals surface area contributed by atoms with Crippen molar-refractivity contribution in [1.29, 1.82) is 0 Å². The lowest BCUT2D eigenvalue weighted by Gasteiger charge is -2.23. The van der Waals surface area contributed by atoms with Gasteiger partial charge in [-0.3, -0.25) is 0 Å². The minimum Gasteiger partial charge on any atom is -0.395 e. The normalized spacial score (nSPS) is 14.4. The fourth-order valence-corrected chi connectivity index (χ4v) is 2.49. The lowest BCUT2D eigenvalue weighted by molar-refractivity contribution is 0.290. The summed E-state index contributed by atoms with van der Waals surface area (Å²) in [5.41, 5.74) is 0.792. The first-order valence-corrected chi connectivity index (χ1v) is 6.10. The topological polar surface area (TPSA) is 57.6 Å². The molecular formula is C9H19NO3S. The molecule has 1 N–H and O–H groups in total. The molecule has 84 valence electrons. The predicted molar refractivity (Wildman–Crippen MR) is 57.5 cm³/mol. The molecule has 4 nitrogen and oxygen atoms in total. The molecule has 0 amide bonds. The summed E-state index contributed by atoms with van der Waals surface area (Å²) in [5.74, 6) is 0. The van der Waals surface area contributed by atoms with E-state index in [0.717, 1.165) is 5.57 Å². The first-order chi connectivity index (χ1) is 6.36. The van der Waals surface area contributed by atoms with E-state index in [4.69, 9.17) is 5.11 Å². The van der Waals surface area contributed by atoms with Gasteiger partial charge in [-0.05, 0) is 13.8 Å². The number of hydrogen-bond acceptors (Lipinski definition) is 3. The van der Waals surface area contributed by atoms with Gasteiger partial charge in [0, 0.05) is 13.1 Å². The quantitative estimate of drug-likeness (QED) is 0.668. The highest BCUT2D eigenvalue weighted by Gasteiger charge is 2.26. The molecule has 0 rings (SSSR count). The molecule has 0 spiro atoms. The lowest BCUT2D eigenvalue weighted by Crippen LogP contribution is -2.39. The van der Waals surface area contributed by atoms with Crippen molar-refractivity contribution >= 4 is 10.0 Å². The van der Waals surface area contributed by atoms with Gasteiger partial charge in [-0.25, -0.2) is 8.42 Å². The second-order valence-corrected chi connectivity index (χ2v) is 5.77. The molecule has 0 radical (unpaired) electrons. The predicted octanol–water partition coefficient (Wildman–Crippen LogP) is 0.595. The van der Waals surface area contributed by atoms with E-state index in [1.54, 1.807) is 13.8 Å². The minimum absolute atomic E-state index is 0.323. The molecule has 14 heavy (non-hydrogen) atoms. The molecule has 1 atom stereocenters. The molecule has 1 unspecified atom stereocenters. The monoisotopic (exact) mass is 221 g/mol. The Labute approximate surface area is 86.3 Å². The van der Waals surface area contributed by atoms with E-state index in [-0.39, 0.29) is 6.61 Å². The first kappa shape index (κ1) is 13.6. The smallest absolute Gasteiger partial charge is 0.219 e. The molecule has 0 aliphatic heterocycles. The zero-order chi connectivity index (χ0) is 11.4. The molecule has 0 saturated heterocycles. The standard InChI is InChI=1S/C9H19NO3S/c1-5-10(6-8(2)3)14(12,13)9(4)7-11/h9,11H,2,5-7H2,1,3-4H3. The lowest BCUT2D eigenvalue weighted by atomic mass is 10.3. The number of aliphatic hydroxyl groups excluding tert-OH is 1. The summed E-state index contributed by atoms with van der Waals surface area (Å²) in [6, 6.07) is 0. The van der Waals surface area contributed by atoms with Gasteiger partial charge < -0.3 is 5.11 Å². The average molecular weight is 221 g/mol. The number of aliphatic hydroxyl groups is 1. The summed E-state index contributed by atoms with van der Waals surface area (Å²) >= 11 is 0.